The second-order valence-corrected chi connectivity index (χ2v) is 13.1. The molecule has 0 heterocycles. The van der Waals surface area contributed by atoms with Crippen LogP contribution in [0.1, 0.15) is 54.1 Å². The number of aromatic carboxylic acids is 1. The molecule has 0 radical (unpaired) electrons. The van der Waals surface area contributed by atoms with Gasteiger partial charge in [-0.3, -0.25) is 14.9 Å². The average Bonchev–Trinajstić information content (AvgIpc) is 3.03. The molecule has 0 saturated carbocycles. The molecule has 0 spiro atoms. The normalized spacial score (nSPS) is 13.0. The smallest absolute Gasteiger partial charge is 0.337 e. The molecule has 16 heteroatoms. The summed E-state index contributed by atoms with van der Waals surface area (Å²) in [5.74, 6) is -4.36. The second-order valence-electron chi connectivity index (χ2n) is 11.2. The lowest BCUT2D eigenvalue weighted by atomic mass is 10.0. The number of hydrogen-bond acceptors (Lipinski definition) is 8. The lowest BCUT2D eigenvalue weighted by Crippen LogP contribution is -2.54. The Labute approximate surface area is 295 Å². The maximum absolute atomic E-state index is 13.8. The van der Waals surface area contributed by atoms with Crippen LogP contribution in [0, 0.1) is 0 Å². The van der Waals surface area contributed by atoms with Crippen LogP contribution < -0.4 is 15.8 Å². The molecule has 13 nitrogen and oxygen atoms in total. The van der Waals surface area contributed by atoms with Crippen molar-refractivity contribution in [3.63, 3.8) is 0 Å². The summed E-state index contributed by atoms with van der Waals surface area (Å²) >= 11 is 6.03. The van der Waals surface area contributed by atoms with E-state index in [0.29, 0.717) is 24.8 Å². The Kier molecular flexibility index (Phi) is 16.0. The molecule has 0 aromatic heterocycles. The molecule has 0 aliphatic heterocycles. The Bertz CT molecular complexity index is 1700. The number of nitrogens with two attached hydrogens (primary N) is 1. The fourth-order valence-electron chi connectivity index (χ4n) is 5.17. The van der Waals surface area contributed by atoms with Crippen molar-refractivity contribution >= 4 is 63.5 Å². The summed E-state index contributed by atoms with van der Waals surface area (Å²) in [5.41, 5.74) is 1.32. The molecule has 3 aromatic rings. The molecule has 3 atom stereocenters. The van der Waals surface area contributed by atoms with Crippen molar-refractivity contribution in [2.45, 2.75) is 68.6 Å². The van der Waals surface area contributed by atoms with Gasteiger partial charge < -0.3 is 25.5 Å². The summed E-state index contributed by atoms with van der Waals surface area (Å²) in [4.78, 5) is 50.9. The average molecular weight is 740 g/mol. The first-order valence-electron chi connectivity index (χ1n) is 15.1. The Morgan fingerprint density at radius 1 is 0.878 bits per heavy atom. The lowest BCUT2D eigenvalue weighted by Gasteiger charge is -2.32. The zero-order valence-corrected chi connectivity index (χ0v) is 29.0. The van der Waals surface area contributed by atoms with Gasteiger partial charge in [-0.25, -0.2) is 23.1 Å². The van der Waals surface area contributed by atoms with Crippen LogP contribution in [0.25, 0.3) is 0 Å². The van der Waals surface area contributed by atoms with E-state index in [0.717, 1.165) is 17.7 Å². The molecular weight excluding hydrogens is 699 g/mol. The van der Waals surface area contributed by atoms with E-state index in [1.807, 2.05) is 30.3 Å². The molecule has 0 fully saturated rings. The van der Waals surface area contributed by atoms with Gasteiger partial charge in [0, 0.05) is 13.1 Å². The highest BCUT2D eigenvalue weighted by molar-refractivity contribution is 7.89. The van der Waals surface area contributed by atoms with E-state index in [1.165, 1.54) is 11.8 Å². The number of unbranched alkanes of at least 4 members (excludes halogenated alkanes) is 1. The number of anilines is 1. The van der Waals surface area contributed by atoms with E-state index < -0.39 is 56.9 Å². The molecule has 0 saturated heterocycles. The molecule has 0 aliphatic carbocycles. The molecule has 0 unspecified atom stereocenters. The highest BCUT2D eigenvalue weighted by Crippen LogP contribution is 2.28. The van der Waals surface area contributed by atoms with Gasteiger partial charge in [0.25, 0.3) is 0 Å². The number of rotatable bonds is 19. The molecule has 266 valence electrons. The van der Waals surface area contributed by atoms with Gasteiger partial charge in [0.2, 0.25) is 15.9 Å². The summed E-state index contributed by atoms with van der Waals surface area (Å²) in [7, 11) is -4.27. The first-order valence-corrected chi connectivity index (χ1v) is 17.0. The molecular formula is C33H40Cl2N4O9S. The number of sulfonamides is 1. The third-order valence-electron chi connectivity index (χ3n) is 7.65. The number of amides is 1. The first-order chi connectivity index (χ1) is 22.7. The Morgan fingerprint density at radius 3 is 2.00 bits per heavy atom. The summed E-state index contributed by atoms with van der Waals surface area (Å²) in [6.45, 7) is 1.65. The van der Waals surface area contributed by atoms with E-state index in [2.05, 4.69) is 10.6 Å². The summed E-state index contributed by atoms with van der Waals surface area (Å²) < 4.78 is 23.5. The molecule has 1 amide bonds. The molecule has 3 aromatic carbocycles. The minimum absolute atomic E-state index is 0. The lowest BCUT2D eigenvalue weighted by molar-refractivity contribution is -0.152. The number of carbonyl (C=O) groups excluding carboxylic acids is 1. The Morgan fingerprint density at radius 2 is 1.47 bits per heavy atom. The van der Waals surface area contributed by atoms with Crippen LogP contribution in [0.2, 0.25) is 5.02 Å². The van der Waals surface area contributed by atoms with E-state index in [1.54, 1.807) is 30.3 Å². The summed E-state index contributed by atoms with van der Waals surface area (Å²) in [5, 5.41) is 40.3. The number of carboxylic acids is 3. The maximum Gasteiger partial charge on any atom is 0.337 e. The van der Waals surface area contributed by atoms with Crippen molar-refractivity contribution in [2.75, 3.05) is 11.9 Å². The predicted molar refractivity (Wildman–Crippen MR) is 187 cm³/mol. The van der Waals surface area contributed by atoms with Crippen LogP contribution in [0.4, 0.5) is 5.69 Å². The van der Waals surface area contributed by atoms with Gasteiger partial charge in [0.1, 0.15) is 17.0 Å². The molecule has 3 rings (SSSR count). The van der Waals surface area contributed by atoms with Crippen molar-refractivity contribution in [2.24, 2.45) is 5.14 Å². The molecule has 0 bridgehead atoms. The van der Waals surface area contributed by atoms with E-state index in [4.69, 9.17) is 16.7 Å². The fourth-order valence-corrected chi connectivity index (χ4v) is 6.27. The number of carboxylic acid groups (broad SMARTS) is 3. The minimum atomic E-state index is -4.27. The van der Waals surface area contributed by atoms with Gasteiger partial charge >= 0.3 is 17.9 Å². The van der Waals surface area contributed by atoms with Crippen molar-refractivity contribution in [1.82, 2.24) is 10.2 Å². The Hall–Kier alpha value is -4.21. The minimum Gasteiger partial charge on any atom is -0.480 e. The van der Waals surface area contributed by atoms with Crippen molar-refractivity contribution in [3.8, 4) is 0 Å². The van der Waals surface area contributed by atoms with Crippen LogP contribution >= 0.6 is 24.0 Å². The molecule has 7 N–H and O–H groups in total. The van der Waals surface area contributed by atoms with Gasteiger partial charge in [-0.05, 0) is 62.3 Å². The van der Waals surface area contributed by atoms with Crippen molar-refractivity contribution < 1.29 is 42.9 Å². The first kappa shape index (κ1) is 41.0. The quantitative estimate of drug-likeness (QED) is 0.0957. The number of halogens is 2. The Balaban J connectivity index is 0.00000833. The van der Waals surface area contributed by atoms with Crippen LogP contribution in [-0.4, -0.2) is 77.1 Å². The standard InChI is InChI=1S/C33H39ClN4O9S.ClH/c1-21(37-26(32(42)43)16-15-22-10-4-2-5-11-22)30(39)38(20-23-12-6-3-7-13-23)28(33(44)45)14-8-9-17-36-27-19-25(34)29(48(35,46)47)18-24(27)31(40)41;/h2-7,10-13,18-19,21,26,28,36-37H,8-9,14-17,20H2,1H3,(H,40,41)(H,42,43)(H,44,45)(H2,35,46,47);1H/t21-,26-,28+;/m0./s1. The largest absolute Gasteiger partial charge is 0.480 e. The summed E-state index contributed by atoms with van der Waals surface area (Å²) in [6, 6.07) is 16.8. The van der Waals surface area contributed by atoms with Crippen LogP contribution in [0.5, 0.6) is 0 Å². The van der Waals surface area contributed by atoms with E-state index >= 15 is 0 Å². The van der Waals surface area contributed by atoms with Gasteiger partial charge in [0.05, 0.1) is 22.3 Å². The monoisotopic (exact) mass is 738 g/mol. The van der Waals surface area contributed by atoms with Gasteiger partial charge in [-0.15, -0.1) is 12.4 Å². The van der Waals surface area contributed by atoms with Gasteiger partial charge in [0.15, 0.2) is 0 Å². The number of hydrogen-bond donors (Lipinski definition) is 6. The van der Waals surface area contributed by atoms with E-state index in [9.17, 15) is 42.9 Å². The highest BCUT2D eigenvalue weighted by atomic mass is 35.5. The second kappa shape index (κ2) is 19.1. The topological polar surface area (TPSA) is 216 Å². The third kappa shape index (κ3) is 12.3. The number of primary sulfonamides is 1. The molecule has 49 heavy (non-hydrogen) atoms. The zero-order valence-electron chi connectivity index (χ0n) is 26.6. The van der Waals surface area contributed by atoms with Crippen molar-refractivity contribution in [1.29, 1.82) is 0 Å². The van der Waals surface area contributed by atoms with Gasteiger partial charge in [-0.1, -0.05) is 72.3 Å². The van der Waals surface area contributed by atoms with Crippen LogP contribution in [-0.2, 0) is 37.4 Å². The van der Waals surface area contributed by atoms with Crippen molar-refractivity contribution in [3.05, 3.63) is 94.5 Å². The summed E-state index contributed by atoms with van der Waals surface area (Å²) in [6.07, 6.45) is 1.35. The highest BCUT2D eigenvalue weighted by Gasteiger charge is 2.33. The third-order valence-corrected chi connectivity index (χ3v) is 9.03. The number of benzene rings is 3. The SMILES string of the molecule is C[C@H](N[C@@H](CCc1ccccc1)C(=O)O)C(=O)N(Cc1ccccc1)[C@H](CCCCNc1cc(Cl)c(S(N)(=O)=O)cc1C(=O)O)C(=O)O.Cl. The fraction of sp³-hybridized carbons (Fsp3) is 0.333. The number of aryl methyl sites for hydroxylation is 1. The van der Waals surface area contributed by atoms with Crippen LogP contribution in [0.3, 0.4) is 0 Å². The zero-order chi connectivity index (χ0) is 35.4. The number of nitrogens with zero attached hydrogens (tertiary/aromatic N) is 1. The predicted octanol–water partition coefficient (Wildman–Crippen LogP) is 4.24. The number of carbonyl (C=O) groups is 4. The number of nitrogens with one attached hydrogen (secondary N) is 2. The van der Waals surface area contributed by atoms with E-state index in [-0.39, 0.29) is 54.6 Å². The van der Waals surface area contributed by atoms with Gasteiger partial charge in [-0.2, -0.15) is 0 Å². The number of aliphatic carboxylic acids is 2. The molecule has 0 aliphatic rings. The van der Waals surface area contributed by atoms with Crippen LogP contribution in [0.15, 0.2) is 77.7 Å². The maximum atomic E-state index is 13.8.